The van der Waals surface area contributed by atoms with E-state index in [1.165, 1.54) is 12.0 Å². The Balaban J connectivity index is 1.67. The van der Waals surface area contributed by atoms with Crippen LogP contribution < -0.4 is 0 Å². The van der Waals surface area contributed by atoms with Crippen LogP contribution >= 0.6 is 0 Å². The van der Waals surface area contributed by atoms with Gasteiger partial charge >= 0.3 is 0 Å². The Kier molecular flexibility index (Phi) is 2.14. The van der Waals surface area contributed by atoms with E-state index in [1.54, 1.807) is 0 Å². The summed E-state index contributed by atoms with van der Waals surface area (Å²) in [7, 11) is 0. The number of nitrogens with zero attached hydrogens (tertiary/aromatic N) is 1. The summed E-state index contributed by atoms with van der Waals surface area (Å²) in [6.45, 7) is 2.94. The van der Waals surface area contributed by atoms with Crippen LogP contribution in [-0.2, 0) is 4.74 Å². The number of aliphatic imine (C=N–C) groups is 1. The van der Waals surface area contributed by atoms with Crippen molar-refractivity contribution in [2.75, 3.05) is 6.61 Å². The van der Waals surface area contributed by atoms with Gasteiger partial charge in [-0.05, 0) is 31.4 Å². The van der Waals surface area contributed by atoms with Crippen LogP contribution in [0.5, 0.6) is 0 Å². The van der Waals surface area contributed by atoms with Crippen molar-refractivity contribution in [1.29, 1.82) is 0 Å². The second kappa shape index (κ2) is 3.71. The third-order valence-electron chi connectivity index (χ3n) is 4.55. The highest BCUT2D eigenvalue weighted by Gasteiger charge is 2.46. The van der Waals surface area contributed by atoms with Gasteiger partial charge in [0.15, 0.2) is 0 Å². The van der Waals surface area contributed by atoms with Gasteiger partial charge in [-0.25, -0.2) is 4.99 Å². The first-order valence-corrected chi connectivity index (χ1v) is 6.77. The molecule has 18 heavy (non-hydrogen) atoms. The second-order valence-electron chi connectivity index (χ2n) is 5.71. The van der Waals surface area contributed by atoms with Crippen LogP contribution in [0.1, 0.15) is 17.5 Å². The van der Waals surface area contributed by atoms with Crippen molar-refractivity contribution < 1.29 is 4.74 Å². The molecule has 3 aliphatic rings. The minimum absolute atomic E-state index is 0.463. The fraction of sp³-hybridized carbons (Fsp3) is 0.438. The Bertz CT molecular complexity index is 529. The van der Waals surface area contributed by atoms with Gasteiger partial charge in [-0.3, -0.25) is 0 Å². The van der Waals surface area contributed by atoms with Crippen molar-refractivity contribution in [1.82, 2.24) is 0 Å². The molecule has 92 valence electrons. The van der Waals surface area contributed by atoms with Crippen molar-refractivity contribution in [2.45, 2.75) is 19.4 Å². The zero-order chi connectivity index (χ0) is 12.1. The van der Waals surface area contributed by atoms with Gasteiger partial charge in [-0.15, -0.1) is 0 Å². The Hall–Kier alpha value is -1.57. The highest BCUT2D eigenvalue weighted by Crippen LogP contribution is 2.47. The van der Waals surface area contributed by atoms with Gasteiger partial charge < -0.3 is 4.74 Å². The summed E-state index contributed by atoms with van der Waals surface area (Å²) in [5.41, 5.74) is 2.39. The van der Waals surface area contributed by atoms with Crippen molar-refractivity contribution in [3.63, 3.8) is 0 Å². The van der Waals surface area contributed by atoms with E-state index < -0.39 is 0 Å². The molecule has 0 aromatic heterocycles. The molecule has 2 heteroatoms. The third-order valence-corrected chi connectivity index (χ3v) is 4.55. The molecule has 4 atom stereocenters. The van der Waals surface area contributed by atoms with Crippen LogP contribution in [0.15, 0.2) is 41.4 Å². The van der Waals surface area contributed by atoms with Crippen LogP contribution in [0.2, 0.25) is 0 Å². The number of aryl methyl sites for hydroxylation is 1. The number of ether oxygens (including phenoxy) is 1. The van der Waals surface area contributed by atoms with Crippen LogP contribution in [0.4, 0.5) is 0 Å². The standard InChI is InChI=1S/C16H17NO/c1-10-2-4-11(5-3-10)16-17-15-13-7-6-12(8-13)14(15)9-18-16/h2-7,12-15H,8-9H2,1H3/t12-,13+,14+,15-/m0/s1. The molecule has 0 saturated heterocycles. The van der Waals surface area contributed by atoms with Gasteiger partial charge in [0.2, 0.25) is 5.90 Å². The molecule has 0 spiro atoms. The van der Waals surface area contributed by atoms with Gasteiger partial charge in [-0.2, -0.15) is 0 Å². The zero-order valence-electron chi connectivity index (χ0n) is 10.5. The molecule has 1 aromatic rings. The molecule has 0 N–H and O–H groups in total. The number of fused-ring (bicyclic) bond motifs is 5. The molecule has 2 bridgehead atoms. The van der Waals surface area contributed by atoms with E-state index >= 15 is 0 Å². The Labute approximate surface area is 107 Å². The second-order valence-corrected chi connectivity index (χ2v) is 5.71. The van der Waals surface area contributed by atoms with Crippen LogP contribution in [-0.4, -0.2) is 18.5 Å². The molecule has 2 aliphatic carbocycles. The fourth-order valence-electron chi connectivity index (χ4n) is 3.51. The van der Waals surface area contributed by atoms with E-state index in [0.717, 1.165) is 18.1 Å². The molecule has 1 fully saturated rings. The summed E-state index contributed by atoms with van der Waals surface area (Å²) in [4.78, 5) is 4.87. The maximum absolute atomic E-state index is 5.89. The number of hydrogen-bond donors (Lipinski definition) is 0. The molecule has 4 rings (SSSR count). The van der Waals surface area contributed by atoms with E-state index in [1.807, 2.05) is 0 Å². The average molecular weight is 239 g/mol. The monoisotopic (exact) mass is 239 g/mol. The molecule has 0 radical (unpaired) electrons. The Morgan fingerprint density at radius 2 is 1.89 bits per heavy atom. The van der Waals surface area contributed by atoms with Crippen LogP contribution in [0.3, 0.4) is 0 Å². The fourth-order valence-corrected chi connectivity index (χ4v) is 3.51. The number of hydrogen-bond acceptors (Lipinski definition) is 2. The minimum Gasteiger partial charge on any atom is -0.477 e. The first kappa shape index (κ1) is 10.4. The normalized spacial score (nSPS) is 36.2. The average Bonchev–Trinajstić information content (AvgIpc) is 3.01. The van der Waals surface area contributed by atoms with Crippen molar-refractivity contribution >= 4 is 5.90 Å². The number of rotatable bonds is 1. The molecule has 0 unspecified atom stereocenters. The lowest BCUT2D eigenvalue weighted by molar-refractivity contribution is 0.178. The van der Waals surface area contributed by atoms with E-state index in [9.17, 15) is 0 Å². The van der Waals surface area contributed by atoms with E-state index in [-0.39, 0.29) is 0 Å². The Morgan fingerprint density at radius 3 is 2.72 bits per heavy atom. The highest BCUT2D eigenvalue weighted by atomic mass is 16.5. The van der Waals surface area contributed by atoms with Gasteiger partial charge in [0.05, 0.1) is 12.6 Å². The molecule has 1 saturated carbocycles. The predicted molar refractivity (Wildman–Crippen MR) is 71.7 cm³/mol. The lowest BCUT2D eigenvalue weighted by atomic mass is 9.89. The lowest BCUT2D eigenvalue weighted by Crippen LogP contribution is -2.34. The molecule has 1 aromatic carbocycles. The van der Waals surface area contributed by atoms with Gasteiger partial charge in [-0.1, -0.05) is 29.8 Å². The Morgan fingerprint density at radius 1 is 1.11 bits per heavy atom. The summed E-state index contributed by atoms with van der Waals surface area (Å²) in [6.07, 6.45) is 6.00. The van der Waals surface area contributed by atoms with Crippen molar-refractivity contribution in [3.05, 3.63) is 47.5 Å². The smallest absolute Gasteiger partial charge is 0.216 e. The zero-order valence-corrected chi connectivity index (χ0v) is 10.5. The third kappa shape index (κ3) is 1.45. The topological polar surface area (TPSA) is 21.6 Å². The number of allylic oxidation sites excluding steroid dienone is 1. The van der Waals surface area contributed by atoms with E-state index in [2.05, 4.69) is 43.3 Å². The molecular weight excluding hydrogens is 222 g/mol. The van der Waals surface area contributed by atoms with Crippen molar-refractivity contribution in [2.24, 2.45) is 22.7 Å². The van der Waals surface area contributed by atoms with Gasteiger partial charge in [0, 0.05) is 17.4 Å². The largest absolute Gasteiger partial charge is 0.477 e. The molecule has 2 nitrogen and oxygen atoms in total. The van der Waals surface area contributed by atoms with E-state index in [4.69, 9.17) is 9.73 Å². The predicted octanol–water partition coefficient (Wildman–Crippen LogP) is 2.96. The number of benzene rings is 1. The minimum atomic E-state index is 0.463. The summed E-state index contributed by atoms with van der Waals surface area (Å²) < 4.78 is 5.89. The molecule has 1 aliphatic heterocycles. The lowest BCUT2D eigenvalue weighted by Gasteiger charge is -2.30. The summed E-state index contributed by atoms with van der Waals surface area (Å²) >= 11 is 0. The quantitative estimate of drug-likeness (QED) is 0.690. The van der Waals surface area contributed by atoms with E-state index in [0.29, 0.717) is 23.8 Å². The van der Waals surface area contributed by atoms with Crippen molar-refractivity contribution in [3.8, 4) is 0 Å². The van der Waals surface area contributed by atoms with Crippen LogP contribution in [0, 0.1) is 24.7 Å². The highest BCUT2D eigenvalue weighted by molar-refractivity contribution is 5.94. The summed E-state index contributed by atoms with van der Waals surface area (Å²) in [5.74, 6) is 2.83. The summed E-state index contributed by atoms with van der Waals surface area (Å²) in [6, 6.07) is 8.92. The van der Waals surface area contributed by atoms with Gasteiger partial charge in [0.1, 0.15) is 0 Å². The molecule has 1 heterocycles. The first-order valence-electron chi connectivity index (χ1n) is 6.77. The van der Waals surface area contributed by atoms with Gasteiger partial charge in [0.25, 0.3) is 0 Å². The maximum Gasteiger partial charge on any atom is 0.216 e. The van der Waals surface area contributed by atoms with Crippen LogP contribution in [0.25, 0.3) is 0 Å². The maximum atomic E-state index is 5.89. The molecular formula is C16H17NO. The molecule has 0 amide bonds. The first-order chi connectivity index (χ1) is 8.81. The SMILES string of the molecule is Cc1ccc(C2=N[C@@H]3[C@H](CO2)[C@H]2C=C[C@@H]3C2)cc1. The summed E-state index contributed by atoms with van der Waals surface area (Å²) in [5, 5.41) is 0.